The fourth-order valence-electron chi connectivity index (χ4n) is 10.5. The van der Waals surface area contributed by atoms with Crippen molar-refractivity contribution in [3.8, 4) is 0 Å². The van der Waals surface area contributed by atoms with Crippen LogP contribution in [0, 0.1) is 57.2 Å². The number of rotatable bonds is 14. The average molecular weight is 579 g/mol. The molecule has 8 fully saturated rings. The molecular formula is C29H42N2O6S2. The average Bonchev–Trinajstić information content (AvgIpc) is 2.89. The number of carbonyl (C=O) groups excluding carboxylic acids is 2. The summed E-state index contributed by atoms with van der Waals surface area (Å²) in [5.41, 5.74) is 0. The van der Waals surface area contributed by atoms with Crippen LogP contribution in [0.5, 0.6) is 0 Å². The van der Waals surface area contributed by atoms with Crippen LogP contribution in [0.3, 0.4) is 0 Å². The van der Waals surface area contributed by atoms with Crippen molar-refractivity contribution < 1.29 is 19.1 Å². The smallest absolute Gasteiger partial charge is 0.305 e. The Kier molecular flexibility index (Phi) is 8.33. The molecule has 0 aromatic heterocycles. The number of hydrogen-bond donors (Lipinski definition) is 0. The zero-order valence-electron chi connectivity index (χ0n) is 22.8. The normalized spacial score (nSPS) is 42.9. The lowest BCUT2D eigenvalue weighted by Crippen LogP contribution is -2.56. The summed E-state index contributed by atoms with van der Waals surface area (Å²) < 4.78 is 17.3. The van der Waals surface area contributed by atoms with Crippen molar-refractivity contribution in [2.24, 2.45) is 56.5 Å². The van der Waals surface area contributed by atoms with Gasteiger partial charge >= 0.3 is 11.9 Å². The molecule has 0 heterocycles. The predicted octanol–water partition coefficient (Wildman–Crippen LogP) is 7.24. The first-order valence-corrected chi connectivity index (χ1v) is 16.8. The number of hydrogen-bond acceptors (Lipinski definition) is 10. The largest absolute Gasteiger partial charge is 0.466 e. The topological polar surface area (TPSA) is 111 Å². The third kappa shape index (κ3) is 5.42. The third-order valence-electron chi connectivity index (χ3n) is 11.7. The minimum Gasteiger partial charge on any atom is -0.466 e. The first-order valence-electron chi connectivity index (χ1n) is 15.3. The molecular weight excluding hydrogens is 536 g/mol. The van der Waals surface area contributed by atoms with Crippen LogP contribution in [0.1, 0.15) is 96.3 Å². The minimum atomic E-state index is -0.299. The van der Waals surface area contributed by atoms with Crippen molar-refractivity contribution in [1.82, 2.24) is 0 Å². The van der Waals surface area contributed by atoms with Gasteiger partial charge in [-0.3, -0.25) is 9.59 Å². The summed E-state index contributed by atoms with van der Waals surface area (Å²) in [5, 5.41) is 0. The third-order valence-corrected chi connectivity index (χ3v) is 14.3. The molecule has 0 amide bonds. The molecule has 8 aliphatic rings. The maximum Gasteiger partial charge on any atom is 0.305 e. The van der Waals surface area contributed by atoms with Gasteiger partial charge in [-0.2, -0.15) is 0 Å². The van der Waals surface area contributed by atoms with Gasteiger partial charge in [0.25, 0.3) is 0 Å². The van der Waals surface area contributed by atoms with Crippen LogP contribution >= 0.6 is 23.9 Å². The quantitative estimate of drug-likeness (QED) is 0.120. The molecule has 10 heteroatoms. The summed E-state index contributed by atoms with van der Waals surface area (Å²) in [7, 11) is 0. The van der Waals surface area contributed by atoms with Gasteiger partial charge in [-0.15, -0.1) is 9.81 Å². The molecule has 8 saturated carbocycles. The highest BCUT2D eigenvalue weighted by Crippen LogP contribution is 2.65. The molecule has 216 valence electrons. The summed E-state index contributed by atoms with van der Waals surface area (Å²) >= 11 is 2.42. The lowest BCUT2D eigenvalue weighted by Gasteiger charge is -2.59. The molecule has 0 spiro atoms. The molecule has 0 N–H and O–H groups in total. The molecule has 0 unspecified atom stereocenters. The second-order valence-corrected chi connectivity index (χ2v) is 15.8. The van der Waals surface area contributed by atoms with E-state index in [1.54, 1.807) is 0 Å². The Labute approximate surface area is 239 Å². The van der Waals surface area contributed by atoms with E-state index >= 15 is 0 Å². The van der Waals surface area contributed by atoms with Crippen LogP contribution in [0.4, 0.5) is 0 Å². The lowest BCUT2D eigenvalue weighted by atomic mass is 9.51. The van der Waals surface area contributed by atoms with Gasteiger partial charge < -0.3 is 9.47 Å². The van der Waals surface area contributed by atoms with Gasteiger partial charge in [0.1, 0.15) is 0 Å². The second kappa shape index (κ2) is 11.6. The fraction of sp³-hybridized carbons (Fsp3) is 0.931. The van der Waals surface area contributed by atoms with Crippen molar-refractivity contribution in [2.75, 3.05) is 13.2 Å². The van der Waals surface area contributed by atoms with Crippen LogP contribution in [0.2, 0.25) is 0 Å². The van der Waals surface area contributed by atoms with Crippen molar-refractivity contribution in [2.45, 2.75) is 106 Å². The number of carbonyl (C=O) groups is 2. The van der Waals surface area contributed by atoms with E-state index < -0.39 is 0 Å². The molecule has 8 bridgehead atoms. The van der Waals surface area contributed by atoms with Gasteiger partial charge in [0, 0.05) is 45.9 Å². The summed E-state index contributed by atoms with van der Waals surface area (Å²) in [6.07, 6.45) is 14.3. The van der Waals surface area contributed by atoms with E-state index in [1.165, 1.54) is 88.1 Å². The number of ether oxygens (including phenoxy) is 2. The van der Waals surface area contributed by atoms with Crippen LogP contribution in [-0.4, -0.2) is 34.6 Å². The Morgan fingerprint density at radius 3 is 1.23 bits per heavy atom. The Balaban J connectivity index is 0.901. The molecule has 0 aromatic carbocycles. The van der Waals surface area contributed by atoms with Gasteiger partial charge in [-0.05, 0) is 131 Å². The summed E-state index contributed by atoms with van der Waals surface area (Å²) in [4.78, 5) is 47.5. The molecule has 0 aromatic rings. The van der Waals surface area contributed by atoms with Crippen LogP contribution < -0.4 is 0 Å². The van der Waals surface area contributed by atoms with E-state index in [1.807, 2.05) is 0 Å². The van der Waals surface area contributed by atoms with Gasteiger partial charge in [0.05, 0.1) is 22.7 Å². The minimum absolute atomic E-state index is 0.175. The lowest BCUT2D eigenvalue weighted by molar-refractivity contribution is -0.146. The molecule has 8 aliphatic carbocycles. The maximum absolute atomic E-state index is 12.4. The number of esters is 2. The Hall–Kier alpha value is -1.16. The summed E-state index contributed by atoms with van der Waals surface area (Å²) in [5.74, 6) is 4.62. The van der Waals surface area contributed by atoms with Crippen LogP contribution in [0.15, 0.2) is 9.16 Å². The number of nitroso groups, excluding NO2 is 2. The summed E-state index contributed by atoms with van der Waals surface area (Å²) in [6.45, 7) is 0.616. The highest BCUT2D eigenvalue weighted by molar-refractivity contribution is 7.99. The van der Waals surface area contributed by atoms with Gasteiger partial charge in [-0.25, -0.2) is 0 Å². The van der Waals surface area contributed by atoms with Gasteiger partial charge in [-0.1, -0.05) is 0 Å². The first kappa shape index (κ1) is 28.0. The van der Waals surface area contributed by atoms with Gasteiger partial charge in [0.15, 0.2) is 0 Å². The highest BCUT2D eigenvalue weighted by Gasteiger charge is 2.59. The molecule has 8 rings (SSSR count). The zero-order chi connectivity index (χ0) is 27.0. The van der Waals surface area contributed by atoms with E-state index in [-0.39, 0.29) is 34.3 Å². The first-order chi connectivity index (χ1) is 18.9. The zero-order valence-corrected chi connectivity index (χ0v) is 24.4. The van der Waals surface area contributed by atoms with E-state index in [4.69, 9.17) is 9.47 Å². The molecule has 39 heavy (non-hydrogen) atoms. The Bertz CT molecular complexity index is 830. The maximum atomic E-state index is 12.4. The Morgan fingerprint density at radius 2 is 0.923 bits per heavy atom. The predicted molar refractivity (Wildman–Crippen MR) is 151 cm³/mol. The SMILES string of the molecule is O=NSC1(CCOC(=O)CCCC(=O)OCCC2(SN=O)C3CC4CC(C3)CC2C4)C2CC3CC(C2)CC1C3. The molecule has 0 radical (unpaired) electrons. The van der Waals surface area contributed by atoms with Crippen molar-refractivity contribution in [3.63, 3.8) is 0 Å². The van der Waals surface area contributed by atoms with E-state index in [9.17, 15) is 19.4 Å². The second-order valence-electron chi connectivity index (χ2n) is 13.6. The summed E-state index contributed by atoms with van der Waals surface area (Å²) in [6, 6.07) is 0. The highest BCUT2D eigenvalue weighted by atomic mass is 32.2. The van der Waals surface area contributed by atoms with Crippen LogP contribution in [-0.2, 0) is 19.1 Å². The number of nitrogens with zero attached hydrogens (tertiary/aromatic N) is 2. The van der Waals surface area contributed by atoms with Crippen molar-refractivity contribution in [1.29, 1.82) is 0 Å². The van der Waals surface area contributed by atoms with E-state index in [2.05, 4.69) is 9.16 Å². The molecule has 8 nitrogen and oxygen atoms in total. The van der Waals surface area contributed by atoms with E-state index in [0.29, 0.717) is 56.1 Å². The molecule has 0 saturated heterocycles. The van der Waals surface area contributed by atoms with Crippen molar-refractivity contribution >= 4 is 35.8 Å². The molecule has 0 aliphatic heterocycles. The Morgan fingerprint density at radius 1 is 0.590 bits per heavy atom. The monoisotopic (exact) mass is 578 g/mol. The van der Waals surface area contributed by atoms with Crippen LogP contribution in [0.25, 0.3) is 0 Å². The van der Waals surface area contributed by atoms with E-state index in [0.717, 1.165) is 23.7 Å². The molecule has 0 atom stereocenters. The fourth-order valence-corrected chi connectivity index (χ4v) is 12.5. The van der Waals surface area contributed by atoms with Gasteiger partial charge in [0.2, 0.25) is 0 Å². The standard InChI is InChI=1S/C29H42N2O6S2/c32-26(36-6-4-28(38-30-34)22-10-18-8-19(12-22)13-23(28)11-18)2-1-3-27(33)37-7-5-29(39-31-35)24-14-20-9-21(16-24)17-25(29)15-20/h18-25H,1-17H2. The van der Waals surface area contributed by atoms with Crippen molar-refractivity contribution in [3.05, 3.63) is 9.81 Å².